The van der Waals surface area contributed by atoms with E-state index in [1.54, 1.807) is 36.3 Å². The van der Waals surface area contributed by atoms with Crippen molar-refractivity contribution in [2.45, 2.75) is 6.18 Å². The lowest BCUT2D eigenvalue weighted by atomic mass is 10.1. The van der Waals surface area contributed by atoms with Gasteiger partial charge in [-0.05, 0) is 24.3 Å². The Bertz CT molecular complexity index is 405. The molecule has 19 heavy (non-hydrogen) atoms. The maximum absolute atomic E-state index is 12.8. The summed E-state index contributed by atoms with van der Waals surface area (Å²) in [6.45, 7) is 1.09. The fraction of sp³-hybridized carbons (Fsp3) is 0.538. The van der Waals surface area contributed by atoms with Gasteiger partial charge < -0.3 is 15.0 Å². The Morgan fingerprint density at radius 1 is 1.26 bits per heavy atom. The molecule has 0 saturated carbocycles. The molecule has 0 aromatic heterocycles. The smallest absolute Gasteiger partial charge is 0.394 e. The van der Waals surface area contributed by atoms with Crippen molar-refractivity contribution in [2.75, 3.05) is 38.2 Å². The van der Waals surface area contributed by atoms with Gasteiger partial charge in [0.1, 0.15) is 5.75 Å². The van der Waals surface area contributed by atoms with Crippen LogP contribution in [0.1, 0.15) is 0 Å². The molecule has 1 heterocycles. The molecule has 1 unspecified atom stereocenters. The second-order valence-corrected chi connectivity index (χ2v) is 4.59. The molecule has 6 heteroatoms. The fourth-order valence-electron chi connectivity index (χ4n) is 2.16. The molecular formula is C13H17F3N2O. The minimum Gasteiger partial charge on any atom is -0.497 e. The van der Waals surface area contributed by atoms with Gasteiger partial charge in [0.25, 0.3) is 0 Å². The molecule has 1 atom stereocenters. The topological polar surface area (TPSA) is 24.5 Å². The van der Waals surface area contributed by atoms with Gasteiger partial charge in [0.2, 0.25) is 0 Å². The van der Waals surface area contributed by atoms with Gasteiger partial charge >= 0.3 is 6.18 Å². The van der Waals surface area contributed by atoms with Crippen LogP contribution in [0, 0.1) is 5.92 Å². The van der Waals surface area contributed by atoms with E-state index in [1.165, 1.54) is 0 Å². The molecule has 0 aliphatic carbocycles. The molecule has 0 spiro atoms. The second-order valence-electron chi connectivity index (χ2n) is 4.59. The molecule has 1 aromatic rings. The number of hydrogen-bond donors (Lipinski definition) is 1. The molecule has 1 aromatic carbocycles. The summed E-state index contributed by atoms with van der Waals surface area (Å²) in [5, 5.41) is 2.84. The third-order valence-corrected chi connectivity index (χ3v) is 3.29. The first-order valence-corrected chi connectivity index (χ1v) is 6.17. The molecule has 0 radical (unpaired) electrons. The molecule has 3 nitrogen and oxygen atoms in total. The third kappa shape index (κ3) is 3.53. The number of halogens is 3. The highest BCUT2D eigenvalue weighted by atomic mass is 19.4. The lowest BCUT2D eigenvalue weighted by Gasteiger charge is -2.27. The summed E-state index contributed by atoms with van der Waals surface area (Å²) in [4.78, 5) is 1.76. The van der Waals surface area contributed by atoms with Crippen molar-refractivity contribution in [1.82, 2.24) is 5.32 Å². The monoisotopic (exact) mass is 274 g/mol. The van der Waals surface area contributed by atoms with Crippen LogP contribution >= 0.6 is 0 Å². The van der Waals surface area contributed by atoms with Crippen LogP contribution in [0.25, 0.3) is 0 Å². The van der Waals surface area contributed by atoms with Crippen LogP contribution in [-0.4, -0.2) is 39.5 Å². The van der Waals surface area contributed by atoms with E-state index in [0.717, 1.165) is 5.69 Å². The van der Waals surface area contributed by atoms with Crippen LogP contribution in [0.5, 0.6) is 5.75 Å². The van der Waals surface area contributed by atoms with Crippen molar-refractivity contribution in [3.8, 4) is 5.75 Å². The number of rotatable bonds is 2. The van der Waals surface area contributed by atoms with E-state index in [-0.39, 0.29) is 13.1 Å². The zero-order valence-electron chi connectivity index (χ0n) is 10.7. The fourth-order valence-corrected chi connectivity index (χ4v) is 2.16. The van der Waals surface area contributed by atoms with Crippen LogP contribution in [0.2, 0.25) is 0 Å². The highest BCUT2D eigenvalue weighted by molar-refractivity contribution is 5.49. The standard InChI is InChI=1S/C13H17F3N2O/c1-19-12-4-2-11(3-5-12)18-7-6-17-8-10(9-18)13(14,15)16/h2-5,10,17H,6-9H2,1H3. The molecule has 1 fully saturated rings. The minimum absolute atomic E-state index is 0.0111. The van der Waals surface area contributed by atoms with Gasteiger partial charge in [-0.2, -0.15) is 13.2 Å². The SMILES string of the molecule is COc1ccc(N2CCNCC(C(F)(F)F)C2)cc1. The van der Waals surface area contributed by atoms with Crippen LogP contribution < -0.4 is 15.0 Å². The predicted octanol–water partition coefficient (Wildman–Crippen LogP) is 2.28. The molecular weight excluding hydrogens is 257 g/mol. The lowest BCUT2D eigenvalue weighted by molar-refractivity contribution is -0.169. The summed E-state index contributed by atoms with van der Waals surface area (Å²) in [6.07, 6.45) is -4.16. The van der Waals surface area contributed by atoms with Gasteiger partial charge in [-0.1, -0.05) is 0 Å². The number of nitrogens with one attached hydrogen (secondary N) is 1. The van der Waals surface area contributed by atoms with Crippen molar-refractivity contribution in [3.05, 3.63) is 24.3 Å². The summed E-state index contributed by atoms with van der Waals surface area (Å²) in [7, 11) is 1.56. The van der Waals surface area contributed by atoms with Gasteiger partial charge in [0.15, 0.2) is 0 Å². The number of benzene rings is 1. The summed E-state index contributed by atoms with van der Waals surface area (Å²) >= 11 is 0. The first kappa shape index (κ1) is 14.0. The predicted molar refractivity (Wildman–Crippen MR) is 67.6 cm³/mol. The average molecular weight is 274 g/mol. The summed E-state index contributed by atoms with van der Waals surface area (Å²) in [5.74, 6) is -0.638. The van der Waals surface area contributed by atoms with E-state index >= 15 is 0 Å². The average Bonchev–Trinajstić information content (AvgIpc) is 2.64. The van der Waals surface area contributed by atoms with Gasteiger partial charge in [-0.25, -0.2) is 0 Å². The summed E-state index contributed by atoms with van der Waals surface area (Å²) < 4.78 is 43.6. The van der Waals surface area contributed by atoms with E-state index < -0.39 is 12.1 Å². The summed E-state index contributed by atoms with van der Waals surface area (Å²) in [6, 6.07) is 7.10. The Balaban J connectivity index is 2.13. The second kappa shape index (κ2) is 5.69. The molecule has 0 amide bonds. The highest BCUT2D eigenvalue weighted by Crippen LogP contribution is 2.29. The summed E-state index contributed by atoms with van der Waals surface area (Å²) in [5.41, 5.74) is 0.791. The van der Waals surface area contributed by atoms with E-state index in [2.05, 4.69) is 5.32 Å². The van der Waals surface area contributed by atoms with Crippen molar-refractivity contribution < 1.29 is 17.9 Å². The molecule has 1 aliphatic rings. The van der Waals surface area contributed by atoms with Crippen LogP contribution in [0.4, 0.5) is 18.9 Å². The normalized spacial score (nSPS) is 21.1. The van der Waals surface area contributed by atoms with Crippen molar-refractivity contribution in [2.24, 2.45) is 5.92 Å². The Morgan fingerprint density at radius 3 is 2.53 bits per heavy atom. The van der Waals surface area contributed by atoms with Gasteiger partial charge in [0, 0.05) is 31.9 Å². The van der Waals surface area contributed by atoms with Gasteiger partial charge in [-0.3, -0.25) is 0 Å². The Kier molecular flexibility index (Phi) is 4.19. The molecule has 1 saturated heterocycles. The number of methoxy groups -OCH3 is 1. The van der Waals surface area contributed by atoms with Crippen molar-refractivity contribution in [3.63, 3.8) is 0 Å². The minimum atomic E-state index is -4.16. The lowest BCUT2D eigenvalue weighted by Crippen LogP contribution is -2.38. The number of ether oxygens (including phenoxy) is 1. The van der Waals surface area contributed by atoms with E-state index in [9.17, 15) is 13.2 Å². The first-order chi connectivity index (χ1) is 9.00. The van der Waals surface area contributed by atoms with Crippen LogP contribution in [0.15, 0.2) is 24.3 Å². The molecule has 0 bridgehead atoms. The molecule has 106 valence electrons. The highest BCUT2D eigenvalue weighted by Gasteiger charge is 2.41. The third-order valence-electron chi connectivity index (χ3n) is 3.29. The Hall–Kier alpha value is -1.43. The van der Waals surface area contributed by atoms with Gasteiger partial charge in [-0.15, -0.1) is 0 Å². The van der Waals surface area contributed by atoms with E-state index in [1.807, 2.05) is 0 Å². The molecule has 1 N–H and O–H groups in total. The largest absolute Gasteiger partial charge is 0.497 e. The van der Waals surface area contributed by atoms with Crippen LogP contribution in [-0.2, 0) is 0 Å². The zero-order valence-corrected chi connectivity index (χ0v) is 10.7. The van der Waals surface area contributed by atoms with Gasteiger partial charge in [0.05, 0.1) is 13.0 Å². The molecule has 1 aliphatic heterocycles. The van der Waals surface area contributed by atoms with E-state index in [0.29, 0.717) is 18.8 Å². The van der Waals surface area contributed by atoms with Crippen LogP contribution in [0.3, 0.4) is 0 Å². The maximum atomic E-state index is 12.8. The Morgan fingerprint density at radius 2 is 1.95 bits per heavy atom. The number of anilines is 1. The maximum Gasteiger partial charge on any atom is 0.394 e. The number of hydrogen-bond acceptors (Lipinski definition) is 3. The molecule has 2 rings (SSSR count). The number of nitrogens with zero attached hydrogens (tertiary/aromatic N) is 1. The van der Waals surface area contributed by atoms with Crippen molar-refractivity contribution in [1.29, 1.82) is 0 Å². The zero-order chi connectivity index (χ0) is 13.9. The van der Waals surface area contributed by atoms with Crippen molar-refractivity contribution >= 4 is 5.69 Å². The first-order valence-electron chi connectivity index (χ1n) is 6.17. The Labute approximate surface area is 110 Å². The quantitative estimate of drug-likeness (QED) is 0.895. The number of alkyl halides is 3. The van der Waals surface area contributed by atoms with E-state index in [4.69, 9.17) is 4.74 Å².